The molecule has 1 aromatic carbocycles. The molecule has 7 heteroatoms. The molecule has 1 saturated heterocycles. The Morgan fingerprint density at radius 1 is 1.41 bits per heavy atom. The molecule has 0 saturated carbocycles. The van der Waals surface area contributed by atoms with Gasteiger partial charge in [0.1, 0.15) is 0 Å². The number of nitrogens with two attached hydrogens (primary N) is 1. The van der Waals surface area contributed by atoms with Crippen LogP contribution in [0.25, 0.3) is 0 Å². The van der Waals surface area contributed by atoms with Crippen molar-refractivity contribution in [3.8, 4) is 0 Å². The van der Waals surface area contributed by atoms with Gasteiger partial charge in [-0.25, -0.2) is 0 Å². The lowest BCUT2D eigenvalue weighted by atomic mass is 10.1. The molecule has 1 heterocycles. The lowest BCUT2D eigenvalue weighted by Crippen LogP contribution is -2.35. The summed E-state index contributed by atoms with van der Waals surface area (Å²) in [5, 5.41) is 3.74. The summed E-state index contributed by atoms with van der Waals surface area (Å²) in [6.07, 6.45) is 0.897. The number of nitrogens with one attached hydrogen (secondary N) is 1. The third-order valence-corrected chi connectivity index (χ3v) is 3.99. The molecule has 5 nitrogen and oxygen atoms in total. The molecule has 1 aromatic rings. The summed E-state index contributed by atoms with van der Waals surface area (Å²) in [5.41, 5.74) is 6.26. The highest BCUT2D eigenvalue weighted by Crippen LogP contribution is 2.30. The van der Waals surface area contributed by atoms with Crippen molar-refractivity contribution in [2.45, 2.75) is 25.8 Å². The number of halogens is 2. The molecular weight excluding hydrogens is 325 g/mol. The largest absolute Gasteiger partial charge is 0.356 e. The topological polar surface area (TPSA) is 75.4 Å². The first-order chi connectivity index (χ1) is 10.4. The van der Waals surface area contributed by atoms with Gasteiger partial charge in [0.15, 0.2) is 0 Å². The van der Waals surface area contributed by atoms with E-state index in [1.165, 1.54) is 0 Å². The Hall–Kier alpha value is -1.30. The van der Waals surface area contributed by atoms with Gasteiger partial charge < -0.3 is 16.0 Å². The molecule has 0 aliphatic carbocycles. The molecule has 2 unspecified atom stereocenters. The van der Waals surface area contributed by atoms with Gasteiger partial charge in [0.2, 0.25) is 11.8 Å². The first-order valence-corrected chi connectivity index (χ1v) is 7.92. The summed E-state index contributed by atoms with van der Waals surface area (Å²) in [4.78, 5) is 25.8. The van der Waals surface area contributed by atoms with Crippen LogP contribution in [-0.4, -0.2) is 30.9 Å². The first kappa shape index (κ1) is 17.1. The lowest BCUT2D eigenvalue weighted by molar-refractivity contribution is -0.126. The number of nitrogens with zero attached hydrogens (tertiary/aromatic N) is 1. The molecule has 2 rings (SSSR count). The van der Waals surface area contributed by atoms with Gasteiger partial charge in [-0.05, 0) is 31.5 Å². The number of rotatable bonds is 5. The molecule has 0 aromatic heterocycles. The van der Waals surface area contributed by atoms with Crippen LogP contribution >= 0.6 is 23.2 Å². The second-order valence-electron chi connectivity index (χ2n) is 5.59. The molecule has 0 radical (unpaired) electrons. The molecule has 22 heavy (non-hydrogen) atoms. The number of benzene rings is 1. The second kappa shape index (κ2) is 7.31. The fourth-order valence-electron chi connectivity index (χ4n) is 2.40. The van der Waals surface area contributed by atoms with E-state index >= 15 is 0 Å². The Bertz CT molecular complexity index is 558. The first-order valence-electron chi connectivity index (χ1n) is 7.16. The van der Waals surface area contributed by atoms with Gasteiger partial charge in [-0.2, -0.15) is 0 Å². The van der Waals surface area contributed by atoms with E-state index in [4.69, 9.17) is 28.9 Å². The van der Waals surface area contributed by atoms with Crippen LogP contribution in [0, 0.1) is 5.92 Å². The normalized spacial score (nSPS) is 19.4. The van der Waals surface area contributed by atoms with Gasteiger partial charge >= 0.3 is 0 Å². The van der Waals surface area contributed by atoms with Crippen LogP contribution in [0.5, 0.6) is 0 Å². The maximum atomic E-state index is 12.1. The number of carbonyl (C=O) groups excluding carboxylic acids is 2. The van der Waals surface area contributed by atoms with Crippen molar-refractivity contribution in [3.05, 3.63) is 28.2 Å². The highest BCUT2D eigenvalue weighted by molar-refractivity contribution is 6.35. The van der Waals surface area contributed by atoms with E-state index in [1.54, 1.807) is 23.1 Å². The van der Waals surface area contributed by atoms with E-state index in [-0.39, 0.29) is 30.2 Å². The summed E-state index contributed by atoms with van der Waals surface area (Å²) in [5.74, 6) is -0.589. The van der Waals surface area contributed by atoms with Crippen molar-refractivity contribution in [3.63, 3.8) is 0 Å². The van der Waals surface area contributed by atoms with Crippen LogP contribution in [0.1, 0.15) is 19.8 Å². The summed E-state index contributed by atoms with van der Waals surface area (Å²) >= 11 is 11.9. The summed E-state index contributed by atoms with van der Waals surface area (Å²) < 4.78 is 0. The monoisotopic (exact) mass is 343 g/mol. The van der Waals surface area contributed by atoms with Gasteiger partial charge in [0.05, 0.1) is 5.92 Å². The Kier molecular flexibility index (Phi) is 5.67. The van der Waals surface area contributed by atoms with E-state index in [1.807, 2.05) is 6.92 Å². The Labute approximate surface area is 139 Å². The van der Waals surface area contributed by atoms with Crippen molar-refractivity contribution in [2.24, 2.45) is 11.7 Å². The third-order valence-electron chi connectivity index (χ3n) is 3.55. The van der Waals surface area contributed by atoms with Crippen molar-refractivity contribution in [1.82, 2.24) is 5.32 Å². The van der Waals surface area contributed by atoms with Gasteiger partial charge in [0.25, 0.3) is 0 Å². The maximum Gasteiger partial charge on any atom is 0.227 e. The SMILES string of the molecule is CC(N)CCNC(=O)C1CC(=O)N(c2cc(Cl)cc(Cl)c2)C1. The van der Waals surface area contributed by atoms with Gasteiger partial charge in [-0.3, -0.25) is 9.59 Å². The van der Waals surface area contributed by atoms with Crippen LogP contribution in [0.15, 0.2) is 18.2 Å². The fraction of sp³-hybridized carbons (Fsp3) is 0.467. The fourth-order valence-corrected chi connectivity index (χ4v) is 2.91. The van der Waals surface area contributed by atoms with E-state index in [0.717, 1.165) is 0 Å². The zero-order valence-electron chi connectivity index (χ0n) is 12.3. The van der Waals surface area contributed by atoms with E-state index in [2.05, 4.69) is 5.32 Å². The molecule has 2 amide bonds. The zero-order valence-corrected chi connectivity index (χ0v) is 13.8. The second-order valence-corrected chi connectivity index (χ2v) is 6.46. The number of anilines is 1. The quantitative estimate of drug-likeness (QED) is 0.860. The summed E-state index contributed by atoms with van der Waals surface area (Å²) in [6.45, 7) is 2.74. The van der Waals surface area contributed by atoms with Crippen molar-refractivity contribution in [1.29, 1.82) is 0 Å². The molecule has 120 valence electrons. The van der Waals surface area contributed by atoms with Crippen LogP contribution in [-0.2, 0) is 9.59 Å². The van der Waals surface area contributed by atoms with Gasteiger partial charge in [-0.1, -0.05) is 23.2 Å². The molecule has 1 fully saturated rings. The third kappa shape index (κ3) is 4.35. The summed E-state index contributed by atoms with van der Waals surface area (Å²) in [6, 6.07) is 4.98. The maximum absolute atomic E-state index is 12.1. The summed E-state index contributed by atoms with van der Waals surface area (Å²) in [7, 11) is 0. The number of amides is 2. The van der Waals surface area contributed by atoms with E-state index < -0.39 is 0 Å². The lowest BCUT2D eigenvalue weighted by Gasteiger charge is -2.17. The molecule has 2 atom stereocenters. The van der Waals surface area contributed by atoms with Gasteiger partial charge in [-0.15, -0.1) is 0 Å². The van der Waals surface area contributed by atoms with Crippen LogP contribution in [0.3, 0.4) is 0 Å². The molecule has 3 N–H and O–H groups in total. The Morgan fingerprint density at radius 2 is 2.05 bits per heavy atom. The standard InChI is InChI=1S/C15H19Cl2N3O2/c1-9(18)2-3-19-15(22)10-4-14(21)20(8-10)13-6-11(16)5-12(17)7-13/h5-7,9-10H,2-4,8,18H2,1H3,(H,19,22). The minimum Gasteiger partial charge on any atom is -0.356 e. The number of hydrogen-bond acceptors (Lipinski definition) is 3. The Morgan fingerprint density at radius 3 is 2.64 bits per heavy atom. The Balaban J connectivity index is 1.99. The average Bonchev–Trinajstić information content (AvgIpc) is 2.79. The number of carbonyl (C=O) groups is 2. The molecule has 0 bridgehead atoms. The van der Waals surface area contributed by atoms with Gasteiger partial charge in [0, 0.05) is 41.3 Å². The van der Waals surface area contributed by atoms with Crippen LogP contribution < -0.4 is 16.0 Å². The van der Waals surface area contributed by atoms with Crippen LogP contribution in [0.4, 0.5) is 5.69 Å². The molecular formula is C15H19Cl2N3O2. The van der Waals surface area contributed by atoms with Crippen molar-refractivity contribution < 1.29 is 9.59 Å². The van der Waals surface area contributed by atoms with Crippen LogP contribution in [0.2, 0.25) is 10.0 Å². The average molecular weight is 344 g/mol. The van der Waals surface area contributed by atoms with Crippen molar-refractivity contribution in [2.75, 3.05) is 18.0 Å². The smallest absolute Gasteiger partial charge is 0.227 e. The molecule has 0 spiro atoms. The molecule has 1 aliphatic rings. The minimum atomic E-state index is -0.363. The predicted octanol–water partition coefficient (Wildman–Crippen LogP) is 2.20. The van der Waals surface area contributed by atoms with Crippen molar-refractivity contribution >= 4 is 40.7 Å². The van der Waals surface area contributed by atoms with E-state index in [9.17, 15) is 9.59 Å². The molecule has 1 aliphatic heterocycles. The number of hydrogen-bond donors (Lipinski definition) is 2. The highest BCUT2D eigenvalue weighted by atomic mass is 35.5. The predicted molar refractivity (Wildman–Crippen MR) is 88.2 cm³/mol. The highest BCUT2D eigenvalue weighted by Gasteiger charge is 2.35. The minimum absolute atomic E-state index is 0.0376. The van der Waals surface area contributed by atoms with E-state index in [0.29, 0.717) is 35.2 Å². The zero-order chi connectivity index (χ0) is 16.3.